The molecule has 0 unspecified atom stereocenters. The second kappa shape index (κ2) is 11.3. The van der Waals surface area contributed by atoms with E-state index in [9.17, 15) is 0 Å². The summed E-state index contributed by atoms with van der Waals surface area (Å²) in [6.07, 6.45) is 3.79. The van der Waals surface area contributed by atoms with Gasteiger partial charge in [0.25, 0.3) is 0 Å². The zero-order valence-corrected chi connectivity index (χ0v) is 19.4. The van der Waals surface area contributed by atoms with Gasteiger partial charge in [-0.3, -0.25) is 14.5 Å². The van der Waals surface area contributed by atoms with Crippen molar-refractivity contribution < 1.29 is 0 Å². The maximum Gasteiger partial charge on any atom is 0.160 e. The van der Waals surface area contributed by atoms with E-state index in [1.807, 2.05) is 68.6 Å². The van der Waals surface area contributed by atoms with Crippen molar-refractivity contribution in [2.75, 3.05) is 0 Å². The molecule has 0 saturated carbocycles. The zero-order valence-electron chi connectivity index (χ0n) is 19.4. The van der Waals surface area contributed by atoms with Crippen LogP contribution in [0.25, 0.3) is 16.7 Å². The third kappa shape index (κ3) is 6.11. The average Bonchev–Trinajstić information content (AvgIpc) is 3.36. The predicted octanol–water partition coefficient (Wildman–Crippen LogP) is 6.16. The van der Waals surface area contributed by atoms with Crippen molar-refractivity contribution in [3.05, 3.63) is 54.2 Å². The van der Waals surface area contributed by atoms with Crippen LogP contribution >= 0.6 is 0 Å². The lowest BCUT2D eigenvalue weighted by Crippen LogP contribution is -2.12. The first-order valence-corrected chi connectivity index (χ1v) is 10.5. The highest BCUT2D eigenvalue weighted by Gasteiger charge is 2.19. The molecule has 4 rings (SSSR count). The molecular formula is C23H36N6. The van der Waals surface area contributed by atoms with Crippen molar-refractivity contribution in [3.8, 4) is 0 Å². The Morgan fingerprint density at radius 1 is 0.931 bits per heavy atom. The van der Waals surface area contributed by atoms with Crippen molar-refractivity contribution in [1.82, 2.24) is 29.8 Å². The van der Waals surface area contributed by atoms with E-state index in [-0.39, 0.29) is 5.41 Å². The van der Waals surface area contributed by atoms with E-state index in [0.29, 0.717) is 5.92 Å². The van der Waals surface area contributed by atoms with E-state index in [0.717, 1.165) is 28.2 Å². The molecule has 6 heteroatoms. The minimum absolute atomic E-state index is 0.0725. The summed E-state index contributed by atoms with van der Waals surface area (Å²) in [4.78, 5) is 4.31. The second-order valence-corrected chi connectivity index (χ2v) is 7.36. The minimum atomic E-state index is 0.0725. The van der Waals surface area contributed by atoms with Crippen LogP contribution in [0.3, 0.4) is 0 Å². The van der Waals surface area contributed by atoms with Gasteiger partial charge in [0.15, 0.2) is 5.65 Å². The van der Waals surface area contributed by atoms with E-state index < -0.39 is 0 Å². The molecule has 6 nitrogen and oxygen atoms in total. The van der Waals surface area contributed by atoms with Gasteiger partial charge in [-0.1, -0.05) is 68.4 Å². The molecule has 29 heavy (non-hydrogen) atoms. The molecule has 0 aliphatic rings. The van der Waals surface area contributed by atoms with E-state index in [2.05, 4.69) is 60.0 Å². The van der Waals surface area contributed by atoms with Crippen molar-refractivity contribution in [3.63, 3.8) is 0 Å². The molecule has 0 aliphatic carbocycles. The Bertz CT molecular complexity index is 976. The van der Waals surface area contributed by atoms with Gasteiger partial charge >= 0.3 is 0 Å². The van der Waals surface area contributed by atoms with Gasteiger partial charge in [0.1, 0.15) is 16.9 Å². The van der Waals surface area contributed by atoms with Crippen LogP contribution in [0.5, 0.6) is 0 Å². The maximum atomic E-state index is 4.31. The molecule has 4 aromatic heterocycles. The van der Waals surface area contributed by atoms with E-state index in [4.69, 9.17) is 0 Å². The number of fused-ring (bicyclic) bond motifs is 2. The molecule has 0 atom stereocenters. The van der Waals surface area contributed by atoms with Gasteiger partial charge in [0.05, 0.1) is 5.69 Å². The number of hydrogen-bond donors (Lipinski definition) is 1. The molecule has 158 valence electrons. The van der Waals surface area contributed by atoms with Gasteiger partial charge in [-0.25, -0.2) is 0 Å². The first-order valence-electron chi connectivity index (χ1n) is 10.5. The molecule has 0 amide bonds. The van der Waals surface area contributed by atoms with Crippen LogP contribution in [-0.4, -0.2) is 29.8 Å². The predicted molar refractivity (Wildman–Crippen MR) is 122 cm³/mol. The lowest BCUT2D eigenvalue weighted by molar-refractivity contribution is 0.570. The Balaban J connectivity index is 0.000000248. The molecule has 0 radical (unpaired) electrons. The summed E-state index contributed by atoms with van der Waals surface area (Å²) < 4.78 is 2.02. The fourth-order valence-electron chi connectivity index (χ4n) is 2.63. The minimum Gasteiger partial charge on any atom is -0.286 e. The normalized spacial score (nSPS) is 10.6. The molecule has 0 spiro atoms. The summed E-state index contributed by atoms with van der Waals surface area (Å²) in [6, 6.07) is 9.78. The van der Waals surface area contributed by atoms with Crippen molar-refractivity contribution >= 4 is 16.7 Å². The summed E-state index contributed by atoms with van der Waals surface area (Å²) in [7, 11) is 0. The third-order valence-corrected chi connectivity index (χ3v) is 3.92. The molecule has 4 aromatic rings. The van der Waals surface area contributed by atoms with Crippen LogP contribution in [0.2, 0.25) is 0 Å². The highest BCUT2D eigenvalue weighted by molar-refractivity contribution is 5.77. The summed E-state index contributed by atoms with van der Waals surface area (Å²) in [5, 5.41) is 15.4. The first kappa shape index (κ1) is 24.3. The lowest BCUT2D eigenvalue weighted by atomic mass is 9.91. The number of rotatable bonds is 1. The Kier molecular flexibility index (Phi) is 9.45. The van der Waals surface area contributed by atoms with E-state index in [1.165, 1.54) is 0 Å². The fourth-order valence-corrected chi connectivity index (χ4v) is 2.63. The number of nitrogens with one attached hydrogen (secondary N) is 1. The largest absolute Gasteiger partial charge is 0.286 e. The quantitative estimate of drug-likeness (QED) is 0.418. The number of pyridine rings is 2. The topological polar surface area (TPSA) is 71.8 Å². The highest BCUT2D eigenvalue weighted by Crippen LogP contribution is 2.25. The Hall–Kier alpha value is -2.76. The van der Waals surface area contributed by atoms with Gasteiger partial charge in [0, 0.05) is 23.7 Å². The third-order valence-electron chi connectivity index (χ3n) is 3.92. The van der Waals surface area contributed by atoms with Crippen LogP contribution < -0.4 is 0 Å². The standard InChI is InChI=1S/C10H13N3.C9H11N3.2C2H6/c1-10(2,3)9-8-7(12-13-9)5-4-6-11-8;1-7(2)9-11-10-8-5-3-4-6-12(8)9;2*1-2/h4-6H,1-3H3,(H,12,13);3-7H,1-2H3;2*1-2H3. The van der Waals surface area contributed by atoms with E-state index in [1.54, 1.807) is 6.20 Å². The Morgan fingerprint density at radius 3 is 2.24 bits per heavy atom. The molecule has 1 N–H and O–H groups in total. The van der Waals surface area contributed by atoms with Crippen LogP contribution in [0, 0.1) is 0 Å². The Labute approximate surface area is 174 Å². The van der Waals surface area contributed by atoms with Crippen molar-refractivity contribution in [2.24, 2.45) is 0 Å². The van der Waals surface area contributed by atoms with Crippen LogP contribution in [0.15, 0.2) is 42.7 Å². The van der Waals surface area contributed by atoms with Crippen LogP contribution in [0.1, 0.15) is 79.7 Å². The van der Waals surface area contributed by atoms with Crippen LogP contribution in [-0.2, 0) is 5.41 Å². The fraction of sp³-hybridized carbons (Fsp3) is 0.478. The van der Waals surface area contributed by atoms with E-state index >= 15 is 0 Å². The molecule has 0 bridgehead atoms. The van der Waals surface area contributed by atoms with Crippen molar-refractivity contribution in [1.29, 1.82) is 0 Å². The van der Waals surface area contributed by atoms with Gasteiger partial charge in [0.2, 0.25) is 0 Å². The summed E-state index contributed by atoms with van der Waals surface area (Å²) >= 11 is 0. The molecule has 0 saturated heterocycles. The molecule has 4 heterocycles. The SMILES string of the molecule is CC.CC.CC(C)(C)c1[nH]nc2cccnc12.CC(C)c1nnc2ccccn12. The average molecular weight is 397 g/mol. The van der Waals surface area contributed by atoms with Gasteiger partial charge in [-0.15, -0.1) is 10.2 Å². The first-order chi connectivity index (χ1) is 13.9. The second-order valence-electron chi connectivity index (χ2n) is 7.36. The number of aromatic amines is 1. The van der Waals surface area contributed by atoms with Gasteiger partial charge < -0.3 is 0 Å². The maximum absolute atomic E-state index is 4.31. The van der Waals surface area contributed by atoms with Gasteiger partial charge in [-0.2, -0.15) is 5.10 Å². The highest BCUT2D eigenvalue weighted by atomic mass is 15.2. The van der Waals surface area contributed by atoms with Crippen LogP contribution in [0.4, 0.5) is 0 Å². The number of aromatic nitrogens is 6. The number of H-pyrrole nitrogens is 1. The summed E-state index contributed by atoms with van der Waals surface area (Å²) in [6.45, 7) is 18.7. The van der Waals surface area contributed by atoms with Gasteiger partial charge in [-0.05, 0) is 24.3 Å². The van der Waals surface area contributed by atoms with Crippen molar-refractivity contribution in [2.45, 2.75) is 73.6 Å². The molecule has 0 aromatic carbocycles. The molecular weight excluding hydrogens is 360 g/mol. The lowest BCUT2D eigenvalue weighted by Gasteiger charge is -2.15. The number of hydrogen-bond acceptors (Lipinski definition) is 4. The zero-order chi connectivity index (χ0) is 22.0. The summed E-state index contributed by atoms with van der Waals surface area (Å²) in [5.74, 6) is 1.44. The molecule has 0 aliphatic heterocycles. The Morgan fingerprint density at radius 2 is 1.62 bits per heavy atom. The number of nitrogens with zero attached hydrogens (tertiary/aromatic N) is 5. The molecule has 0 fully saturated rings. The smallest absolute Gasteiger partial charge is 0.160 e. The monoisotopic (exact) mass is 396 g/mol. The summed E-state index contributed by atoms with van der Waals surface area (Å²) in [5.41, 5.74) is 4.01.